The number of hydrogen-bond acceptors (Lipinski definition) is 2. The summed E-state index contributed by atoms with van der Waals surface area (Å²) in [6, 6.07) is 8.03. The van der Waals surface area contributed by atoms with E-state index in [1.54, 1.807) is 0 Å². The molecular weight excluding hydrogens is 174 g/mol. The average Bonchev–Trinajstić information content (AvgIpc) is 2.17. The van der Waals surface area contributed by atoms with E-state index in [0.717, 1.165) is 12.0 Å². The molecule has 2 heteroatoms. The first kappa shape index (κ1) is 11.2. The summed E-state index contributed by atoms with van der Waals surface area (Å²) in [5.41, 5.74) is 7.59. The van der Waals surface area contributed by atoms with E-state index in [1.165, 1.54) is 5.56 Å². The molecule has 1 aromatic rings. The van der Waals surface area contributed by atoms with Crippen LogP contribution in [0.1, 0.15) is 31.1 Å². The summed E-state index contributed by atoms with van der Waals surface area (Å²) < 4.78 is 0. The van der Waals surface area contributed by atoms with Crippen molar-refractivity contribution < 1.29 is 5.11 Å². The van der Waals surface area contributed by atoms with Crippen LogP contribution in [0.25, 0.3) is 0 Å². The fraction of sp³-hybridized carbons (Fsp3) is 0.500. The third-order valence-electron chi connectivity index (χ3n) is 2.23. The number of benzene rings is 1. The molecule has 0 fully saturated rings. The van der Waals surface area contributed by atoms with Gasteiger partial charge in [0.05, 0.1) is 6.10 Å². The van der Waals surface area contributed by atoms with Gasteiger partial charge in [-0.1, -0.05) is 38.1 Å². The van der Waals surface area contributed by atoms with Crippen LogP contribution in [0.2, 0.25) is 0 Å². The molecule has 1 rings (SSSR count). The van der Waals surface area contributed by atoms with Crippen LogP contribution in [-0.2, 0) is 6.42 Å². The Hall–Kier alpha value is -0.860. The monoisotopic (exact) mass is 193 g/mol. The first-order chi connectivity index (χ1) is 6.63. The SMILES string of the molecule is CC(C)Cc1ccc([C@H](O)CN)cc1. The average molecular weight is 193 g/mol. The molecule has 0 bridgehead atoms. The third kappa shape index (κ3) is 3.13. The fourth-order valence-corrected chi connectivity index (χ4v) is 1.48. The quantitative estimate of drug-likeness (QED) is 0.767. The van der Waals surface area contributed by atoms with Gasteiger partial charge in [0.2, 0.25) is 0 Å². The minimum Gasteiger partial charge on any atom is -0.387 e. The van der Waals surface area contributed by atoms with Gasteiger partial charge in [-0.2, -0.15) is 0 Å². The standard InChI is InChI=1S/C12H19NO/c1-9(2)7-10-3-5-11(6-4-10)12(14)8-13/h3-6,9,12,14H,7-8,13H2,1-2H3/t12-/m1/s1. The summed E-state index contributed by atoms with van der Waals surface area (Å²) in [6.45, 7) is 4.68. The highest BCUT2D eigenvalue weighted by Gasteiger charge is 2.04. The van der Waals surface area contributed by atoms with Crippen molar-refractivity contribution in [3.63, 3.8) is 0 Å². The van der Waals surface area contributed by atoms with Crippen LogP contribution in [-0.4, -0.2) is 11.7 Å². The molecule has 0 spiro atoms. The number of aliphatic hydroxyl groups is 1. The molecule has 1 atom stereocenters. The van der Waals surface area contributed by atoms with Crippen molar-refractivity contribution in [2.24, 2.45) is 11.7 Å². The molecule has 0 aliphatic heterocycles. The molecule has 3 N–H and O–H groups in total. The van der Waals surface area contributed by atoms with Crippen LogP contribution in [0.15, 0.2) is 24.3 Å². The summed E-state index contributed by atoms with van der Waals surface area (Å²) in [7, 11) is 0. The Balaban J connectivity index is 2.68. The Bertz CT molecular complexity index is 266. The smallest absolute Gasteiger partial charge is 0.0912 e. The van der Waals surface area contributed by atoms with Crippen LogP contribution < -0.4 is 5.73 Å². The first-order valence-corrected chi connectivity index (χ1v) is 5.10. The van der Waals surface area contributed by atoms with Gasteiger partial charge in [0.25, 0.3) is 0 Å². The second-order valence-corrected chi connectivity index (χ2v) is 4.09. The van der Waals surface area contributed by atoms with Crippen LogP contribution in [0, 0.1) is 5.92 Å². The summed E-state index contributed by atoms with van der Waals surface area (Å²) in [5, 5.41) is 9.48. The highest BCUT2D eigenvalue weighted by molar-refractivity contribution is 5.24. The Morgan fingerprint density at radius 3 is 2.21 bits per heavy atom. The highest BCUT2D eigenvalue weighted by Crippen LogP contribution is 2.14. The molecular formula is C12H19NO. The second kappa shape index (κ2) is 5.13. The van der Waals surface area contributed by atoms with Gasteiger partial charge in [-0.15, -0.1) is 0 Å². The molecule has 0 radical (unpaired) electrons. The number of nitrogens with two attached hydrogens (primary N) is 1. The Morgan fingerprint density at radius 2 is 1.79 bits per heavy atom. The lowest BCUT2D eigenvalue weighted by Crippen LogP contribution is -2.11. The van der Waals surface area contributed by atoms with E-state index >= 15 is 0 Å². The van der Waals surface area contributed by atoms with Gasteiger partial charge in [0.15, 0.2) is 0 Å². The Labute approximate surface area is 85.8 Å². The lowest BCUT2D eigenvalue weighted by molar-refractivity contribution is 0.186. The Morgan fingerprint density at radius 1 is 1.21 bits per heavy atom. The van der Waals surface area contributed by atoms with Crippen molar-refractivity contribution in [2.45, 2.75) is 26.4 Å². The minimum atomic E-state index is -0.525. The van der Waals surface area contributed by atoms with E-state index < -0.39 is 6.10 Å². The summed E-state index contributed by atoms with van der Waals surface area (Å²) >= 11 is 0. The van der Waals surface area contributed by atoms with E-state index in [9.17, 15) is 5.11 Å². The van der Waals surface area contributed by atoms with E-state index in [0.29, 0.717) is 5.92 Å². The number of aliphatic hydroxyl groups excluding tert-OH is 1. The summed E-state index contributed by atoms with van der Waals surface area (Å²) in [4.78, 5) is 0. The van der Waals surface area contributed by atoms with Crippen LogP contribution in [0.5, 0.6) is 0 Å². The largest absolute Gasteiger partial charge is 0.387 e. The molecule has 2 nitrogen and oxygen atoms in total. The zero-order valence-corrected chi connectivity index (χ0v) is 8.90. The molecule has 0 saturated heterocycles. The van der Waals surface area contributed by atoms with Gasteiger partial charge in [-0.25, -0.2) is 0 Å². The maximum absolute atomic E-state index is 9.48. The van der Waals surface area contributed by atoms with Gasteiger partial charge >= 0.3 is 0 Å². The topological polar surface area (TPSA) is 46.2 Å². The van der Waals surface area contributed by atoms with Gasteiger partial charge in [0.1, 0.15) is 0 Å². The molecule has 1 aromatic carbocycles. The maximum atomic E-state index is 9.48. The van der Waals surface area contributed by atoms with E-state index in [-0.39, 0.29) is 6.54 Å². The van der Waals surface area contributed by atoms with Crippen molar-refractivity contribution in [1.29, 1.82) is 0 Å². The van der Waals surface area contributed by atoms with Crippen molar-refractivity contribution in [3.8, 4) is 0 Å². The normalized spacial score (nSPS) is 13.2. The van der Waals surface area contributed by atoms with Crippen molar-refractivity contribution in [1.82, 2.24) is 0 Å². The molecule has 0 saturated carbocycles. The van der Waals surface area contributed by atoms with Crippen LogP contribution in [0.4, 0.5) is 0 Å². The number of rotatable bonds is 4. The molecule has 14 heavy (non-hydrogen) atoms. The second-order valence-electron chi connectivity index (χ2n) is 4.09. The van der Waals surface area contributed by atoms with Gasteiger partial charge in [-0.05, 0) is 23.5 Å². The Kier molecular flexibility index (Phi) is 4.11. The van der Waals surface area contributed by atoms with Crippen molar-refractivity contribution >= 4 is 0 Å². The molecule has 0 aliphatic rings. The third-order valence-corrected chi connectivity index (χ3v) is 2.23. The van der Waals surface area contributed by atoms with E-state index in [4.69, 9.17) is 5.73 Å². The van der Waals surface area contributed by atoms with E-state index in [1.807, 2.05) is 12.1 Å². The predicted molar refractivity (Wildman–Crippen MR) is 59.0 cm³/mol. The first-order valence-electron chi connectivity index (χ1n) is 5.10. The molecule has 0 aromatic heterocycles. The maximum Gasteiger partial charge on any atom is 0.0912 e. The van der Waals surface area contributed by atoms with Crippen LogP contribution in [0.3, 0.4) is 0 Å². The summed E-state index contributed by atoms with van der Waals surface area (Å²) in [5.74, 6) is 0.667. The van der Waals surface area contributed by atoms with Crippen LogP contribution >= 0.6 is 0 Å². The lowest BCUT2D eigenvalue weighted by Gasteiger charge is -2.09. The molecule has 0 heterocycles. The zero-order chi connectivity index (χ0) is 10.6. The predicted octanol–water partition coefficient (Wildman–Crippen LogP) is 1.88. The fourth-order valence-electron chi connectivity index (χ4n) is 1.48. The zero-order valence-electron chi connectivity index (χ0n) is 8.90. The molecule has 0 unspecified atom stereocenters. The molecule has 0 amide bonds. The van der Waals surface area contributed by atoms with Crippen molar-refractivity contribution in [3.05, 3.63) is 35.4 Å². The minimum absolute atomic E-state index is 0.281. The molecule has 0 aliphatic carbocycles. The highest BCUT2D eigenvalue weighted by atomic mass is 16.3. The lowest BCUT2D eigenvalue weighted by atomic mass is 10.0. The van der Waals surface area contributed by atoms with Gasteiger partial charge in [-0.3, -0.25) is 0 Å². The van der Waals surface area contributed by atoms with Crippen molar-refractivity contribution in [2.75, 3.05) is 6.54 Å². The van der Waals surface area contributed by atoms with Gasteiger partial charge in [0, 0.05) is 6.54 Å². The molecule has 78 valence electrons. The number of hydrogen-bond donors (Lipinski definition) is 2. The summed E-state index contributed by atoms with van der Waals surface area (Å²) in [6.07, 6.45) is 0.557. The van der Waals surface area contributed by atoms with E-state index in [2.05, 4.69) is 26.0 Å². The van der Waals surface area contributed by atoms with Gasteiger partial charge < -0.3 is 10.8 Å².